The van der Waals surface area contributed by atoms with Gasteiger partial charge in [-0.05, 0) is 23.6 Å². The molecule has 3 amide bonds. The minimum Gasteiger partial charge on any atom is -0.308 e. The molecule has 0 spiro atoms. The van der Waals surface area contributed by atoms with Crippen LogP contribution < -0.4 is 16.2 Å². The number of amides is 3. The topological polar surface area (TPSA) is 93.1 Å². The summed E-state index contributed by atoms with van der Waals surface area (Å²) in [6, 6.07) is 11.9. The molecule has 0 atom stereocenters. The van der Waals surface area contributed by atoms with Gasteiger partial charge in [0.05, 0.1) is 11.7 Å². The van der Waals surface area contributed by atoms with Crippen molar-refractivity contribution in [3.05, 3.63) is 69.9 Å². The van der Waals surface area contributed by atoms with Gasteiger partial charge in [0.25, 0.3) is 5.56 Å². The van der Waals surface area contributed by atoms with Crippen LogP contribution in [0.3, 0.4) is 0 Å². The average Bonchev–Trinajstić information content (AvgIpc) is 3.34. The van der Waals surface area contributed by atoms with Crippen molar-refractivity contribution < 1.29 is 9.59 Å². The van der Waals surface area contributed by atoms with Crippen LogP contribution in [0.4, 0.5) is 10.5 Å². The van der Waals surface area contributed by atoms with Crippen LogP contribution in [0.2, 0.25) is 0 Å². The fourth-order valence-electron chi connectivity index (χ4n) is 2.70. The fraction of sp³-hybridized carbons (Fsp3) is 0.0526. The molecule has 1 aromatic carbocycles. The van der Waals surface area contributed by atoms with E-state index in [2.05, 4.69) is 15.6 Å². The maximum atomic E-state index is 12.9. The molecule has 3 heterocycles. The van der Waals surface area contributed by atoms with Crippen molar-refractivity contribution >= 4 is 50.5 Å². The van der Waals surface area contributed by atoms with E-state index in [9.17, 15) is 14.4 Å². The number of imide groups is 1. The predicted molar refractivity (Wildman–Crippen MR) is 111 cm³/mol. The molecule has 7 nitrogen and oxygen atoms in total. The number of hydrogen-bond donors (Lipinski definition) is 2. The number of para-hydroxylation sites is 1. The second kappa shape index (κ2) is 7.75. The first kappa shape index (κ1) is 18.1. The lowest BCUT2D eigenvalue weighted by atomic mass is 10.2. The Hall–Kier alpha value is -3.30. The number of fused-ring (bicyclic) bond motifs is 1. The number of benzene rings is 1. The van der Waals surface area contributed by atoms with E-state index in [4.69, 9.17) is 0 Å². The van der Waals surface area contributed by atoms with Crippen molar-refractivity contribution in [2.24, 2.45) is 0 Å². The van der Waals surface area contributed by atoms with E-state index in [0.29, 0.717) is 15.9 Å². The summed E-state index contributed by atoms with van der Waals surface area (Å²) in [5, 5.41) is 9.08. The number of rotatable bonds is 4. The molecule has 9 heteroatoms. The van der Waals surface area contributed by atoms with Gasteiger partial charge in [-0.25, -0.2) is 9.78 Å². The highest BCUT2D eigenvalue weighted by Crippen LogP contribution is 2.33. The van der Waals surface area contributed by atoms with Crippen molar-refractivity contribution in [3.63, 3.8) is 0 Å². The highest BCUT2D eigenvalue weighted by molar-refractivity contribution is 7.18. The zero-order valence-electron chi connectivity index (χ0n) is 14.4. The summed E-state index contributed by atoms with van der Waals surface area (Å²) in [5.41, 5.74) is 1.06. The normalized spacial score (nSPS) is 10.7. The van der Waals surface area contributed by atoms with Gasteiger partial charge in [-0.3, -0.25) is 19.5 Å². The third-order valence-corrected chi connectivity index (χ3v) is 5.74. The molecule has 0 aliphatic carbocycles. The number of hydrogen-bond acceptors (Lipinski definition) is 6. The molecule has 0 radical (unpaired) electrons. The van der Waals surface area contributed by atoms with Gasteiger partial charge in [-0.1, -0.05) is 24.3 Å². The second-order valence-corrected chi connectivity index (χ2v) is 7.66. The Morgan fingerprint density at radius 2 is 1.89 bits per heavy atom. The molecule has 28 heavy (non-hydrogen) atoms. The quantitative estimate of drug-likeness (QED) is 0.538. The van der Waals surface area contributed by atoms with Crippen molar-refractivity contribution in [3.8, 4) is 10.4 Å². The molecule has 0 bridgehead atoms. The lowest BCUT2D eigenvalue weighted by molar-refractivity contribution is -0.120. The number of aromatic nitrogens is 2. The summed E-state index contributed by atoms with van der Waals surface area (Å²) >= 11 is 2.92. The first-order valence-electron chi connectivity index (χ1n) is 8.28. The lowest BCUT2D eigenvalue weighted by Gasteiger charge is -2.08. The van der Waals surface area contributed by atoms with Crippen molar-refractivity contribution in [1.82, 2.24) is 14.9 Å². The van der Waals surface area contributed by atoms with Crippen LogP contribution in [0.1, 0.15) is 0 Å². The molecular formula is C19H14N4O3S2. The van der Waals surface area contributed by atoms with Crippen LogP contribution in [0.15, 0.2) is 64.3 Å². The summed E-state index contributed by atoms with van der Waals surface area (Å²) in [7, 11) is 0. The van der Waals surface area contributed by atoms with E-state index in [-0.39, 0.29) is 12.1 Å². The zero-order chi connectivity index (χ0) is 19.5. The maximum Gasteiger partial charge on any atom is 0.325 e. The molecule has 2 N–H and O–H groups in total. The number of carbonyl (C=O) groups excluding carboxylic acids is 2. The third kappa shape index (κ3) is 3.71. The Labute approximate surface area is 167 Å². The highest BCUT2D eigenvalue weighted by Gasteiger charge is 2.16. The summed E-state index contributed by atoms with van der Waals surface area (Å²) < 4.78 is 1.21. The van der Waals surface area contributed by atoms with E-state index < -0.39 is 11.9 Å². The SMILES string of the molecule is O=C(Cn1cnc2scc(-c3cccs3)c2c1=O)NC(=O)Nc1ccccc1. The second-order valence-electron chi connectivity index (χ2n) is 5.85. The minimum absolute atomic E-state index is 0.302. The first-order chi connectivity index (χ1) is 13.6. The van der Waals surface area contributed by atoms with Crippen molar-refractivity contribution in [2.75, 3.05) is 5.32 Å². The molecule has 0 saturated heterocycles. The fourth-order valence-corrected chi connectivity index (χ4v) is 4.42. The Balaban J connectivity index is 1.52. The van der Waals surface area contributed by atoms with Crippen molar-refractivity contribution in [2.45, 2.75) is 6.54 Å². The summed E-state index contributed by atoms with van der Waals surface area (Å²) in [4.78, 5) is 42.9. The lowest BCUT2D eigenvalue weighted by Crippen LogP contribution is -2.38. The molecule has 4 aromatic rings. The van der Waals surface area contributed by atoms with Gasteiger partial charge in [0.15, 0.2) is 0 Å². The van der Waals surface area contributed by atoms with E-state index in [0.717, 1.165) is 10.4 Å². The number of nitrogens with one attached hydrogen (secondary N) is 2. The molecule has 0 aliphatic heterocycles. The maximum absolute atomic E-state index is 12.9. The summed E-state index contributed by atoms with van der Waals surface area (Å²) in [6.45, 7) is -0.302. The van der Waals surface area contributed by atoms with Gasteiger partial charge < -0.3 is 5.32 Å². The standard InChI is InChI=1S/C19H14N4O3S2/c24-15(22-19(26)21-12-5-2-1-3-6-12)9-23-11-20-17-16(18(23)25)13(10-28-17)14-7-4-8-27-14/h1-8,10-11H,9H2,(H2,21,22,24,26). The number of thiophene rings is 2. The molecule has 4 rings (SSSR count). The van der Waals surface area contributed by atoms with E-state index >= 15 is 0 Å². The minimum atomic E-state index is -0.659. The van der Waals surface area contributed by atoms with Gasteiger partial charge in [0.2, 0.25) is 5.91 Å². The summed E-state index contributed by atoms with van der Waals surface area (Å²) in [5.74, 6) is -0.607. The molecule has 0 aliphatic rings. The van der Waals surface area contributed by atoms with Gasteiger partial charge in [-0.15, -0.1) is 22.7 Å². The van der Waals surface area contributed by atoms with Gasteiger partial charge in [-0.2, -0.15) is 0 Å². The Morgan fingerprint density at radius 3 is 2.64 bits per heavy atom. The largest absolute Gasteiger partial charge is 0.325 e. The Bertz CT molecular complexity index is 1200. The first-order valence-corrected chi connectivity index (χ1v) is 10.0. The molecule has 3 aromatic heterocycles. The smallest absolute Gasteiger partial charge is 0.308 e. The Kier molecular flexibility index (Phi) is 5.00. The Morgan fingerprint density at radius 1 is 1.07 bits per heavy atom. The predicted octanol–water partition coefficient (Wildman–Crippen LogP) is 3.53. The number of anilines is 1. The molecular weight excluding hydrogens is 396 g/mol. The van der Waals surface area contributed by atoms with E-state index in [1.165, 1.54) is 33.6 Å². The van der Waals surface area contributed by atoms with Crippen LogP contribution in [0.5, 0.6) is 0 Å². The van der Waals surface area contributed by atoms with Crippen molar-refractivity contribution in [1.29, 1.82) is 0 Å². The van der Waals surface area contributed by atoms with Crippen LogP contribution in [-0.4, -0.2) is 21.5 Å². The van der Waals surface area contributed by atoms with E-state index in [1.54, 1.807) is 24.3 Å². The van der Waals surface area contributed by atoms with Gasteiger partial charge in [0.1, 0.15) is 11.4 Å². The van der Waals surface area contributed by atoms with Gasteiger partial charge >= 0.3 is 6.03 Å². The van der Waals surface area contributed by atoms with Crippen LogP contribution >= 0.6 is 22.7 Å². The number of nitrogens with zero attached hydrogens (tertiary/aromatic N) is 2. The van der Waals surface area contributed by atoms with Crippen LogP contribution in [0, 0.1) is 0 Å². The number of carbonyl (C=O) groups is 2. The van der Waals surface area contributed by atoms with Crippen LogP contribution in [-0.2, 0) is 11.3 Å². The molecule has 0 saturated carbocycles. The average molecular weight is 410 g/mol. The zero-order valence-corrected chi connectivity index (χ0v) is 16.0. The summed E-state index contributed by atoms with van der Waals surface area (Å²) in [6.07, 6.45) is 1.33. The molecule has 140 valence electrons. The van der Waals surface area contributed by atoms with Crippen LogP contribution in [0.25, 0.3) is 20.7 Å². The highest BCUT2D eigenvalue weighted by atomic mass is 32.1. The third-order valence-electron chi connectivity index (χ3n) is 3.95. The van der Waals surface area contributed by atoms with E-state index in [1.807, 2.05) is 29.0 Å². The monoisotopic (exact) mass is 410 g/mol. The number of urea groups is 1. The molecule has 0 fully saturated rings. The van der Waals surface area contributed by atoms with Gasteiger partial charge in [0, 0.05) is 21.5 Å². The molecule has 0 unspecified atom stereocenters.